The van der Waals surface area contributed by atoms with Crippen molar-refractivity contribution in [2.24, 2.45) is 47.2 Å². The average molecular weight is 1270 g/mol. The highest BCUT2D eigenvalue weighted by atomic mass is 16.5. The molecule has 1 aliphatic rings. The molecule has 3 aromatic rings. The van der Waals surface area contributed by atoms with Crippen LogP contribution in [0.2, 0.25) is 0 Å². The molecule has 1 fully saturated rings. The second-order valence-corrected chi connectivity index (χ2v) is 25.9. The number of ether oxygens (including phenoxy) is 4. The summed E-state index contributed by atoms with van der Waals surface area (Å²) in [5.74, 6) is -4.03. The zero-order chi connectivity index (χ0) is 67.6. The van der Waals surface area contributed by atoms with Crippen molar-refractivity contribution in [2.45, 2.75) is 189 Å². The Morgan fingerprint density at radius 2 is 1.26 bits per heavy atom. The van der Waals surface area contributed by atoms with Crippen LogP contribution in [0.5, 0.6) is 0 Å². The van der Waals surface area contributed by atoms with Gasteiger partial charge in [-0.05, 0) is 90.6 Å². The van der Waals surface area contributed by atoms with Gasteiger partial charge in [-0.3, -0.25) is 38.5 Å². The number of rotatable bonds is 39. The number of likely N-dealkylation sites (tertiary alicyclic amines) is 1. The third kappa shape index (κ3) is 23.6. The lowest BCUT2D eigenvalue weighted by Crippen LogP contribution is -2.55. The second kappa shape index (κ2) is 38.1. The van der Waals surface area contributed by atoms with Crippen molar-refractivity contribution in [1.29, 1.82) is 0 Å². The Morgan fingerprint density at radius 1 is 0.670 bits per heavy atom. The lowest BCUT2D eigenvalue weighted by molar-refractivity contribution is -0.150. The SMILES string of the molecule is CC[C@H](C)[C@@H]([C@@H](CC(=O)N1CCC[C@H]1[C@H](OC)[C@@H](C)C(=O)N[C@@H](Cc1ccccc1)C(=O)OC)OC)N(C)C(=O)[C@@H](CC(=O)[C@H](C(C)C)N(C)CCc1ccc(CC(=O)OCc2ccc(CC(=O)[C@H](CCCNC(N)=O)NC(=O)[C@@H](C)C(C)C)cc2)cc1)C(C)C. The number of amides is 6. The van der Waals surface area contributed by atoms with Crippen LogP contribution >= 0.6 is 0 Å². The number of carbonyl (C=O) groups excluding carboxylic acids is 9. The molecule has 1 aliphatic heterocycles. The third-order valence-corrected chi connectivity index (χ3v) is 18.3. The number of nitrogens with zero attached hydrogens (tertiary/aromatic N) is 3. The maximum Gasteiger partial charge on any atom is 0.328 e. The van der Waals surface area contributed by atoms with Gasteiger partial charge in [0, 0.05) is 72.0 Å². The van der Waals surface area contributed by atoms with Gasteiger partial charge in [0.05, 0.1) is 62.2 Å². The van der Waals surface area contributed by atoms with E-state index in [1.165, 1.54) is 14.2 Å². The maximum absolute atomic E-state index is 14.9. The van der Waals surface area contributed by atoms with E-state index in [4.69, 9.17) is 24.7 Å². The van der Waals surface area contributed by atoms with E-state index in [0.717, 1.165) is 27.8 Å². The summed E-state index contributed by atoms with van der Waals surface area (Å²) in [5, 5.41) is 8.30. The van der Waals surface area contributed by atoms with Gasteiger partial charge in [0.25, 0.3) is 0 Å². The average Bonchev–Trinajstić information content (AvgIpc) is 3.46. The van der Waals surface area contributed by atoms with Gasteiger partial charge in [-0.15, -0.1) is 0 Å². The number of ketones is 2. The van der Waals surface area contributed by atoms with Gasteiger partial charge in [-0.25, -0.2) is 9.59 Å². The first-order valence-corrected chi connectivity index (χ1v) is 32.6. The summed E-state index contributed by atoms with van der Waals surface area (Å²) >= 11 is 0. The largest absolute Gasteiger partial charge is 0.467 e. The molecule has 0 radical (unpaired) electrons. The maximum atomic E-state index is 14.9. The smallest absolute Gasteiger partial charge is 0.328 e. The second-order valence-electron chi connectivity index (χ2n) is 25.9. The van der Waals surface area contributed by atoms with Crippen molar-refractivity contribution in [2.75, 3.05) is 55.1 Å². The van der Waals surface area contributed by atoms with Gasteiger partial charge in [-0.2, -0.15) is 0 Å². The molecule has 91 heavy (non-hydrogen) atoms. The molecule has 0 aliphatic carbocycles. The van der Waals surface area contributed by atoms with Gasteiger partial charge >= 0.3 is 18.0 Å². The van der Waals surface area contributed by atoms with Crippen LogP contribution in [0.4, 0.5) is 4.79 Å². The molecule has 0 saturated carbocycles. The van der Waals surface area contributed by atoms with Crippen LogP contribution in [0.25, 0.3) is 0 Å². The number of nitrogens with one attached hydrogen (secondary N) is 3. The number of benzene rings is 3. The lowest BCUT2D eigenvalue weighted by Gasteiger charge is -2.41. The summed E-state index contributed by atoms with van der Waals surface area (Å²) in [7, 11) is 8.04. The van der Waals surface area contributed by atoms with Crippen molar-refractivity contribution in [3.05, 3.63) is 107 Å². The van der Waals surface area contributed by atoms with Gasteiger partial charge in [0.2, 0.25) is 23.6 Å². The Balaban J connectivity index is 1.33. The summed E-state index contributed by atoms with van der Waals surface area (Å²) in [6.07, 6.45) is 2.44. The van der Waals surface area contributed by atoms with Gasteiger partial charge in [-0.1, -0.05) is 155 Å². The number of primary amides is 1. The topological polar surface area (TPSA) is 262 Å². The Kier molecular flexibility index (Phi) is 32.0. The summed E-state index contributed by atoms with van der Waals surface area (Å²) in [6, 6.07) is 20.6. The highest BCUT2D eigenvalue weighted by Gasteiger charge is 2.44. The molecule has 20 nitrogen and oxygen atoms in total. The third-order valence-electron chi connectivity index (χ3n) is 18.3. The van der Waals surface area contributed by atoms with Crippen molar-refractivity contribution in [3.63, 3.8) is 0 Å². The predicted octanol–water partition coefficient (Wildman–Crippen LogP) is 7.86. The van der Waals surface area contributed by atoms with Crippen LogP contribution < -0.4 is 21.7 Å². The van der Waals surface area contributed by atoms with E-state index >= 15 is 0 Å². The number of likely N-dealkylation sites (N-methyl/N-ethyl adjacent to an activating group) is 2. The first-order chi connectivity index (χ1) is 43.1. The van der Waals surface area contributed by atoms with Crippen LogP contribution in [0.15, 0.2) is 78.9 Å². The summed E-state index contributed by atoms with van der Waals surface area (Å²) in [4.78, 5) is 127. The molecule has 0 bridgehead atoms. The van der Waals surface area contributed by atoms with Crippen molar-refractivity contribution >= 4 is 53.2 Å². The molecule has 3 aromatic carbocycles. The quantitative estimate of drug-likeness (QED) is 0.0313. The summed E-state index contributed by atoms with van der Waals surface area (Å²) in [5.41, 5.74) is 9.35. The van der Waals surface area contributed by atoms with E-state index < -0.39 is 78.1 Å². The van der Waals surface area contributed by atoms with Crippen LogP contribution in [0, 0.1) is 41.4 Å². The lowest BCUT2D eigenvalue weighted by atomic mass is 9.83. The van der Waals surface area contributed by atoms with E-state index in [1.54, 1.807) is 55.1 Å². The molecule has 0 aromatic heterocycles. The molecular weight excluding hydrogens is 1160 g/mol. The van der Waals surface area contributed by atoms with Crippen LogP contribution in [-0.2, 0) is 89.6 Å². The van der Waals surface area contributed by atoms with E-state index in [9.17, 15) is 43.2 Å². The fourth-order valence-corrected chi connectivity index (χ4v) is 12.3. The number of Topliss-reactive ketones (excluding diaryl/α,β-unsaturated/α-hetero) is 2. The Hall–Kier alpha value is -7.03. The van der Waals surface area contributed by atoms with Gasteiger partial charge in [0.15, 0.2) is 11.6 Å². The summed E-state index contributed by atoms with van der Waals surface area (Å²) < 4.78 is 22.8. The highest BCUT2D eigenvalue weighted by molar-refractivity contribution is 5.92. The fraction of sp³-hybridized carbons (Fsp3) is 0.620. The highest BCUT2D eigenvalue weighted by Crippen LogP contribution is 2.32. The molecule has 1 heterocycles. The molecule has 0 spiro atoms. The van der Waals surface area contributed by atoms with E-state index in [0.29, 0.717) is 51.6 Å². The normalized spacial score (nSPS) is 16.6. The van der Waals surface area contributed by atoms with Crippen molar-refractivity contribution in [1.82, 2.24) is 30.7 Å². The zero-order valence-corrected chi connectivity index (χ0v) is 56.9. The van der Waals surface area contributed by atoms with E-state index in [1.807, 2.05) is 124 Å². The zero-order valence-electron chi connectivity index (χ0n) is 56.9. The number of nitrogens with two attached hydrogens (primary N) is 1. The molecular formula is C71H107N7O13. The number of urea groups is 1. The molecule has 4 rings (SSSR count). The fourth-order valence-electron chi connectivity index (χ4n) is 12.3. The Labute approximate surface area is 541 Å². The van der Waals surface area contributed by atoms with Gasteiger partial charge in [0.1, 0.15) is 12.6 Å². The Bertz CT molecular complexity index is 2810. The monoisotopic (exact) mass is 1270 g/mol. The van der Waals surface area contributed by atoms with E-state index in [-0.39, 0.29) is 104 Å². The summed E-state index contributed by atoms with van der Waals surface area (Å²) in [6.45, 7) is 20.8. The van der Waals surface area contributed by atoms with Crippen LogP contribution in [0.3, 0.4) is 0 Å². The Morgan fingerprint density at radius 3 is 1.82 bits per heavy atom. The molecule has 5 N–H and O–H groups in total. The van der Waals surface area contributed by atoms with Crippen molar-refractivity contribution in [3.8, 4) is 0 Å². The van der Waals surface area contributed by atoms with E-state index in [2.05, 4.69) is 20.9 Å². The number of carbonyl (C=O) groups is 9. The number of hydrogen-bond acceptors (Lipinski definition) is 14. The van der Waals surface area contributed by atoms with Crippen LogP contribution in [-0.4, -0.2) is 165 Å². The first kappa shape index (κ1) is 76.4. The molecule has 504 valence electrons. The number of hydrogen-bond donors (Lipinski definition) is 4. The molecule has 0 unspecified atom stereocenters. The predicted molar refractivity (Wildman–Crippen MR) is 351 cm³/mol. The minimum atomic E-state index is -0.924. The van der Waals surface area contributed by atoms with Crippen LogP contribution in [0.1, 0.15) is 142 Å². The molecule has 20 heteroatoms. The molecule has 11 atom stereocenters. The number of esters is 2. The van der Waals surface area contributed by atoms with Gasteiger partial charge < -0.3 is 50.4 Å². The molecule has 6 amide bonds. The minimum Gasteiger partial charge on any atom is -0.467 e. The van der Waals surface area contributed by atoms with Crippen molar-refractivity contribution < 1.29 is 62.1 Å². The minimum absolute atomic E-state index is 0.0306. The molecule has 1 saturated heterocycles. The number of methoxy groups -OCH3 is 3. The standard InChI is InChI=1S/C71H107N7O13/c1-16-47(8)65(61(88-13)42-62(81)78-36-21-25-58(78)66(89-14)49(10)68(84)75-57(70(86)90-15)38-51-22-18-17-19-23-51)77(12)69(85)55(45(4)5)41-60(80)64(46(6)7)76(11)37-34-50-26-28-53(29-27-50)40-63(82)91-43-54-32-30-52(31-33-54)39-59(79)56(24-20-35-73-71(72)87)74-67(83)48(9)44(2)3/h17-19,22-23,26-33,44-49,55-58,61,64-66H,16,20-21,24-25,34-43H2,1-15H3,(H,74,83)(H,75,84)(H3,72,73,87)/t47-,48-,49+,55-,56-,57-,58-,61+,64-,65-,66+/m0/s1. The first-order valence-electron chi connectivity index (χ1n) is 32.6.